The molecule has 1 aliphatic rings. The number of carbonyl (C=O) groups excluding carboxylic acids is 1. The summed E-state index contributed by atoms with van der Waals surface area (Å²) >= 11 is 0. The van der Waals surface area contributed by atoms with Crippen LogP contribution in [-0.2, 0) is 14.3 Å². The summed E-state index contributed by atoms with van der Waals surface area (Å²) in [5.74, 6) is -1.56. The third kappa shape index (κ3) is 3.40. The smallest absolute Gasteiger partial charge is 0.338 e. The minimum Gasteiger partial charge on any atom is -0.463 e. The maximum Gasteiger partial charge on any atom is 0.338 e. The molecule has 0 saturated heterocycles. The lowest BCUT2D eigenvalue weighted by Crippen LogP contribution is -2.26. The molecule has 2 rings (SSSR count). The molecule has 0 unspecified atom stereocenters. The Morgan fingerprint density at radius 1 is 1.46 bits per heavy atom. The number of hydrogen-bond donors (Lipinski definition) is 1. The molecular formula is C18H19FN2O3. The Kier molecular flexibility index (Phi) is 5.59. The van der Waals surface area contributed by atoms with E-state index in [2.05, 4.69) is 0 Å². The average molecular weight is 330 g/mol. The maximum atomic E-state index is 13.7. The molecule has 126 valence electrons. The van der Waals surface area contributed by atoms with Gasteiger partial charge in [0.05, 0.1) is 18.1 Å². The van der Waals surface area contributed by atoms with E-state index in [9.17, 15) is 14.4 Å². The van der Waals surface area contributed by atoms with Crippen LogP contribution in [0.2, 0.25) is 0 Å². The largest absolute Gasteiger partial charge is 0.463 e. The molecule has 1 heterocycles. The number of benzene rings is 1. The van der Waals surface area contributed by atoms with Gasteiger partial charge in [0, 0.05) is 6.42 Å². The van der Waals surface area contributed by atoms with Crippen molar-refractivity contribution in [3.63, 3.8) is 0 Å². The Balaban J connectivity index is 2.66. The molecule has 6 heteroatoms. The number of esters is 1. The van der Waals surface area contributed by atoms with Crippen molar-refractivity contribution in [1.82, 2.24) is 0 Å². The molecule has 1 aromatic carbocycles. The molecule has 1 aliphatic heterocycles. The third-order valence-electron chi connectivity index (χ3n) is 3.65. The van der Waals surface area contributed by atoms with Gasteiger partial charge in [-0.2, -0.15) is 5.26 Å². The van der Waals surface area contributed by atoms with E-state index in [0.717, 1.165) is 0 Å². The van der Waals surface area contributed by atoms with Gasteiger partial charge < -0.3 is 15.2 Å². The van der Waals surface area contributed by atoms with Crippen LogP contribution in [0, 0.1) is 17.1 Å². The van der Waals surface area contributed by atoms with Crippen molar-refractivity contribution in [3.05, 3.63) is 58.4 Å². The first-order valence-electron chi connectivity index (χ1n) is 7.76. The Morgan fingerprint density at radius 3 is 2.79 bits per heavy atom. The van der Waals surface area contributed by atoms with Crippen LogP contribution in [0.4, 0.5) is 4.39 Å². The molecule has 5 nitrogen and oxygen atoms in total. The van der Waals surface area contributed by atoms with E-state index in [1.54, 1.807) is 13.0 Å². The van der Waals surface area contributed by atoms with Crippen LogP contribution in [0.15, 0.2) is 47.1 Å². The van der Waals surface area contributed by atoms with Crippen LogP contribution in [-0.4, -0.2) is 12.6 Å². The number of nitriles is 1. The van der Waals surface area contributed by atoms with Gasteiger partial charge in [-0.3, -0.25) is 0 Å². The predicted octanol–water partition coefficient (Wildman–Crippen LogP) is 3.25. The van der Waals surface area contributed by atoms with Gasteiger partial charge in [-0.05, 0) is 31.0 Å². The molecule has 0 saturated carbocycles. The van der Waals surface area contributed by atoms with Crippen LogP contribution >= 0.6 is 0 Å². The number of nitrogens with zero attached hydrogens (tertiary/aromatic N) is 1. The fourth-order valence-electron chi connectivity index (χ4n) is 2.68. The van der Waals surface area contributed by atoms with Crippen LogP contribution in [0.5, 0.6) is 0 Å². The summed E-state index contributed by atoms with van der Waals surface area (Å²) in [5.41, 5.74) is 6.60. The van der Waals surface area contributed by atoms with Crippen LogP contribution in [0.1, 0.15) is 38.2 Å². The van der Waals surface area contributed by atoms with Gasteiger partial charge in [-0.1, -0.05) is 19.1 Å². The summed E-state index contributed by atoms with van der Waals surface area (Å²) < 4.78 is 24.3. The number of carbonyl (C=O) groups is 1. The Bertz CT molecular complexity index is 747. The highest BCUT2D eigenvalue weighted by Gasteiger charge is 2.37. The van der Waals surface area contributed by atoms with Crippen molar-refractivity contribution in [3.8, 4) is 6.07 Å². The van der Waals surface area contributed by atoms with Gasteiger partial charge in [0.15, 0.2) is 0 Å². The van der Waals surface area contributed by atoms with E-state index in [4.69, 9.17) is 15.2 Å². The fourth-order valence-corrected chi connectivity index (χ4v) is 2.68. The highest BCUT2D eigenvalue weighted by molar-refractivity contribution is 5.92. The molecule has 0 radical (unpaired) electrons. The van der Waals surface area contributed by atoms with Gasteiger partial charge in [-0.15, -0.1) is 0 Å². The quantitative estimate of drug-likeness (QED) is 0.838. The number of hydrogen-bond acceptors (Lipinski definition) is 5. The molecule has 0 aliphatic carbocycles. The normalized spacial score (nSPS) is 17.3. The SMILES string of the molecule is CCCC1=C(C(=O)OCC)[C@@H](c2cccc(F)c2)C(C#N)=C(N)O1. The van der Waals surface area contributed by atoms with Crippen LogP contribution in [0.3, 0.4) is 0 Å². The summed E-state index contributed by atoms with van der Waals surface area (Å²) in [6.45, 7) is 3.79. The monoisotopic (exact) mass is 330 g/mol. The first-order valence-corrected chi connectivity index (χ1v) is 7.76. The van der Waals surface area contributed by atoms with E-state index < -0.39 is 17.7 Å². The lowest BCUT2D eigenvalue weighted by molar-refractivity contribution is -0.139. The minimum atomic E-state index is -0.806. The summed E-state index contributed by atoms with van der Waals surface area (Å²) in [5, 5.41) is 9.47. The lowest BCUT2D eigenvalue weighted by Gasteiger charge is -2.28. The van der Waals surface area contributed by atoms with Gasteiger partial charge in [0.1, 0.15) is 23.2 Å². The Morgan fingerprint density at radius 2 is 2.21 bits per heavy atom. The number of rotatable bonds is 5. The van der Waals surface area contributed by atoms with Crippen molar-refractivity contribution in [2.45, 2.75) is 32.6 Å². The highest BCUT2D eigenvalue weighted by Crippen LogP contribution is 2.40. The zero-order chi connectivity index (χ0) is 17.7. The summed E-state index contributed by atoms with van der Waals surface area (Å²) in [7, 11) is 0. The first-order chi connectivity index (χ1) is 11.5. The summed E-state index contributed by atoms with van der Waals surface area (Å²) in [6, 6.07) is 7.72. The second kappa shape index (κ2) is 7.64. The maximum absolute atomic E-state index is 13.7. The minimum absolute atomic E-state index is 0.0664. The zero-order valence-corrected chi connectivity index (χ0v) is 13.6. The first kappa shape index (κ1) is 17.5. The number of halogens is 1. The van der Waals surface area contributed by atoms with E-state index in [1.165, 1.54) is 18.2 Å². The average Bonchev–Trinajstić information content (AvgIpc) is 2.54. The van der Waals surface area contributed by atoms with Crippen LogP contribution < -0.4 is 5.73 Å². The Labute approximate surface area is 140 Å². The fraction of sp³-hybridized carbons (Fsp3) is 0.333. The molecule has 0 aromatic heterocycles. The molecule has 1 aromatic rings. The standard InChI is InChI=1S/C18H19FN2O3/c1-3-6-14-16(18(22)23-4-2)15(13(10-20)17(21)24-14)11-7-5-8-12(19)9-11/h5,7-9,15H,3-4,6,21H2,1-2H3/t15-/m0/s1. The van der Waals surface area contributed by atoms with Crippen molar-refractivity contribution in [1.29, 1.82) is 5.26 Å². The number of allylic oxidation sites excluding steroid dienone is 2. The summed E-state index contributed by atoms with van der Waals surface area (Å²) in [4.78, 5) is 12.5. The summed E-state index contributed by atoms with van der Waals surface area (Å²) in [6.07, 6.45) is 1.17. The lowest BCUT2D eigenvalue weighted by atomic mass is 9.82. The zero-order valence-electron chi connectivity index (χ0n) is 13.6. The van der Waals surface area contributed by atoms with Crippen molar-refractivity contribution in [2.24, 2.45) is 5.73 Å². The topological polar surface area (TPSA) is 85.3 Å². The molecule has 24 heavy (non-hydrogen) atoms. The Hall–Kier alpha value is -2.81. The second-order valence-corrected chi connectivity index (χ2v) is 5.29. The van der Waals surface area contributed by atoms with Crippen molar-refractivity contribution in [2.75, 3.05) is 6.61 Å². The molecule has 0 spiro atoms. The van der Waals surface area contributed by atoms with Gasteiger partial charge in [-0.25, -0.2) is 9.18 Å². The molecule has 1 atom stereocenters. The second-order valence-electron chi connectivity index (χ2n) is 5.29. The molecule has 2 N–H and O–H groups in total. The van der Waals surface area contributed by atoms with E-state index in [-0.39, 0.29) is 23.6 Å². The van der Waals surface area contributed by atoms with Crippen molar-refractivity contribution < 1.29 is 18.7 Å². The van der Waals surface area contributed by atoms with Crippen LogP contribution in [0.25, 0.3) is 0 Å². The third-order valence-corrected chi connectivity index (χ3v) is 3.65. The number of nitrogens with two attached hydrogens (primary N) is 1. The predicted molar refractivity (Wildman–Crippen MR) is 85.6 cm³/mol. The molecule has 0 fully saturated rings. The highest BCUT2D eigenvalue weighted by atomic mass is 19.1. The van der Waals surface area contributed by atoms with E-state index in [0.29, 0.717) is 24.2 Å². The van der Waals surface area contributed by atoms with Gasteiger partial charge in [0.25, 0.3) is 0 Å². The molecular weight excluding hydrogens is 311 g/mol. The van der Waals surface area contributed by atoms with Crippen molar-refractivity contribution >= 4 is 5.97 Å². The molecule has 0 amide bonds. The molecule has 0 bridgehead atoms. The van der Waals surface area contributed by atoms with Gasteiger partial charge in [0.2, 0.25) is 5.88 Å². The number of ether oxygens (including phenoxy) is 2. The van der Waals surface area contributed by atoms with E-state index in [1.807, 2.05) is 13.0 Å². The van der Waals surface area contributed by atoms with E-state index >= 15 is 0 Å². The van der Waals surface area contributed by atoms with Gasteiger partial charge >= 0.3 is 5.97 Å².